The zero-order valence-electron chi connectivity index (χ0n) is 11.9. The zero-order chi connectivity index (χ0) is 14.3. The van der Waals surface area contributed by atoms with Gasteiger partial charge in [-0.2, -0.15) is 0 Å². The Morgan fingerprint density at radius 2 is 2.30 bits per heavy atom. The van der Waals surface area contributed by atoms with Crippen molar-refractivity contribution in [2.45, 2.75) is 45.2 Å². The molecule has 5 nitrogen and oxygen atoms in total. The van der Waals surface area contributed by atoms with Crippen LogP contribution in [-0.2, 0) is 11.3 Å². The second kappa shape index (κ2) is 4.81. The molecule has 1 aliphatic rings. The second-order valence-electron chi connectivity index (χ2n) is 5.79. The van der Waals surface area contributed by atoms with Crippen molar-refractivity contribution in [3.05, 3.63) is 24.0 Å². The molecule has 1 aromatic heterocycles. The van der Waals surface area contributed by atoms with E-state index >= 15 is 0 Å². The normalized spacial score (nSPS) is 18.9. The minimum atomic E-state index is 0.148. The molecule has 1 aromatic carbocycles. The quantitative estimate of drug-likeness (QED) is 0.840. The summed E-state index contributed by atoms with van der Waals surface area (Å²) < 4.78 is 2.22. The molecule has 0 aliphatic carbocycles. The van der Waals surface area contributed by atoms with Gasteiger partial charge < -0.3 is 15.6 Å². The highest BCUT2D eigenvalue weighted by atomic mass is 16.1. The number of nitrogens with zero attached hydrogens (tertiary/aromatic N) is 2. The van der Waals surface area contributed by atoms with Gasteiger partial charge in [-0.1, -0.05) is 13.8 Å². The van der Waals surface area contributed by atoms with Crippen molar-refractivity contribution in [2.24, 2.45) is 0 Å². The zero-order valence-corrected chi connectivity index (χ0v) is 11.9. The number of carbonyl (C=O) groups is 1. The third-order valence-corrected chi connectivity index (χ3v) is 3.81. The van der Waals surface area contributed by atoms with E-state index in [1.165, 1.54) is 0 Å². The van der Waals surface area contributed by atoms with E-state index in [0.29, 0.717) is 12.3 Å². The number of amides is 1. The number of carbonyl (C=O) groups excluding carboxylic acids is 1. The van der Waals surface area contributed by atoms with Crippen molar-refractivity contribution in [3.8, 4) is 0 Å². The van der Waals surface area contributed by atoms with Crippen LogP contribution in [0, 0.1) is 0 Å². The van der Waals surface area contributed by atoms with E-state index in [-0.39, 0.29) is 11.9 Å². The number of hydrogen-bond donors (Lipinski definition) is 2. The van der Waals surface area contributed by atoms with E-state index in [1.54, 1.807) is 0 Å². The number of benzene rings is 1. The number of aromatic nitrogens is 2. The van der Waals surface area contributed by atoms with E-state index in [9.17, 15) is 4.79 Å². The van der Waals surface area contributed by atoms with Crippen molar-refractivity contribution in [3.63, 3.8) is 0 Å². The Morgan fingerprint density at radius 3 is 2.95 bits per heavy atom. The lowest BCUT2D eigenvalue weighted by atomic mass is 10.2. The van der Waals surface area contributed by atoms with Gasteiger partial charge in [-0.05, 0) is 24.6 Å². The third-order valence-electron chi connectivity index (χ3n) is 3.81. The lowest BCUT2D eigenvalue weighted by molar-refractivity contribution is -0.119. The molecular formula is C15H20N4O. The van der Waals surface area contributed by atoms with Crippen LogP contribution in [0.3, 0.4) is 0 Å². The molecule has 1 fully saturated rings. The van der Waals surface area contributed by atoms with E-state index in [0.717, 1.165) is 35.5 Å². The number of nitrogens with two attached hydrogens (primary N) is 1. The smallest absolute Gasteiger partial charge is 0.220 e. The highest BCUT2D eigenvalue weighted by Crippen LogP contribution is 2.25. The van der Waals surface area contributed by atoms with Crippen molar-refractivity contribution in [1.29, 1.82) is 0 Å². The van der Waals surface area contributed by atoms with Gasteiger partial charge in [-0.15, -0.1) is 0 Å². The van der Waals surface area contributed by atoms with Crippen LogP contribution in [0.1, 0.15) is 38.4 Å². The summed E-state index contributed by atoms with van der Waals surface area (Å²) in [7, 11) is 0. The third kappa shape index (κ3) is 2.24. The molecule has 0 bridgehead atoms. The maximum absolute atomic E-state index is 11.4. The first kappa shape index (κ1) is 13.0. The average molecular weight is 272 g/mol. The molecule has 2 heterocycles. The van der Waals surface area contributed by atoms with Crippen LogP contribution >= 0.6 is 0 Å². The molecule has 5 heteroatoms. The van der Waals surface area contributed by atoms with Crippen molar-refractivity contribution >= 4 is 22.6 Å². The fraction of sp³-hybridized carbons (Fsp3) is 0.467. The topological polar surface area (TPSA) is 72.9 Å². The Kier molecular flexibility index (Phi) is 3.12. The maximum Gasteiger partial charge on any atom is 0.220 e. The molecule has 1 unspecified atom stereocenters. The monoisotopic (exact) mass is 272 g/mol. The van der Waals surface area contributed by atoms with Gasteiger partial charge in [0.05, 0.1) is 11.0 Å². The Hall–Kier alpha value is -2.04. The number of nitrogens with one attached hydrogen (secondary N) is 1. The van der Waals surface area contributed by atoms with Crippen LogP contribution < -0.4 is 11.1 Å². The van der Waals surface area contributed by atoms with E-state index in [2.05, 4.69) is 23.7 Å². The number of nitrogen functional groups attached to an aromatic ring is 1. The molecule has 0 radical (unpaired) electrons. The lowest BCUT2D eigenvalue weighted by Crippen LogP contribution is -2.30. The van der Waals surface area contributed by atoms with Crippen LogP contribution in [0.25, 0.3) is 11.0 Å². The average Bonchev–Trinajstić information content (AvgIpc) is 2.94. The molecule has 1 amide bonds. The van der Waals surface area contributed by atoms with Crippen LogP contribution in [-0.4, -0.2) is 21.5 Å². The van der Waals surface area contributed by atoms with Gasteiger partial charge in [0.2, 0.25) is 5.91 Å². The van der Waals surface area contributed by atoms with Crippen molar-refractivity contribution < 1.29 is 4.79 Å². The molecule has 1 atom stereocenters. The Morgan fingerprint density at radius 1 is 1.50 bits per heavy atom. The number of imidazole rings is 1. The standard InChI is InChI=1S/C15H20N4O/c1-9(2)15-18-12-7-10(16)3-5-13(12)19(15)8-11-4-6-14(20)17-11/h3,5,7,9,11H,4,6,8,16H2,1-2H3,(H,17,20). The van der Waals surface area contributed by atoms with Gasteiger partial charge in [-0.3, -0.25) is 4.79 Å². The second-order valence-corrected chi connectivity index (χ2v) is 5.79. The highest BCUT2D eigenvalue weighted by Gasteiger charge is 2.23. The van der Waals surface area contributed by atoms with Gasteiger partial charge in [0.1, 0.15) is 5.82 Å². The minimum Gasteiger partial charge on any atom is -0.399 e. The molecular weight excluding hydrogens is 252 g/mol. The first-order valence-corrected chi connectivity index (χ1v) is 7.09. The largest absolute Gasteiger partial charge is 0.399 e. The number of fused-ring (bicyclic) bond motifs is 1. The molecule has 0 spiro atoms. The van der Waals surface area contributed by atoms with Crippen LogP contribution in [0.5, 0.6) is 0 Å². The van der Waals surface area contributed by atoms with Gasteiger partial charge in [0, 0.05) is 30.6 Å². The molecule has 1 saturated heterocycles. The summed E-state index contributed by atoms with van der Waals surface area (Å²) in [4.78, 5) is 16.1. The Labute approximate surface area is 118 Å². The van der Waals surface area contributed by atoms with Crippen LogP contribution in [0.15, 0.2) is 18.2 Å². The minimum absolute atomic E-state index is 0.148. The molecule has 106 valence electrons. The summed E-state index contributed by atoms with van der Waals surface area (Å²) >= 11 is 0. The summed E-state index contributed by atoms with van der Waals surface area (Å²) in [6.45, 7) is 5.04. The fourth-order valence-corrected chi connectivity index (χ4v) is 2.83. The lowest BCUT2D eigenvalue weighted by Gasteiger charge is -2.16. The molecule has 2 aromatic rings. The van der Waals surface area contributed by atoms with Crippen molar-refractivity contribution in [2.75, 3.05) is 5.73 Å². The molecule has 3 rings (SSSR count). The van der Waals surface area contributed by atoms with Gasteiger partial charge in [0.25, 0.3) is 0 Å². The van der Waals surface area contributed by atoms with Gasteiger partial charge >= 0.3 is 0 Å². The Balaban J connectivity index is 2.02. The van der Waals surface area contributed by atoms with E-state index < -0.39 is 0 Å². The summed E-state index contributed by atoms with van der Waals surface area (Å²) in [6.07, 6.45) is 1.52. The molecule has 3 N–H and O–H groups in total. The molecule has 1 aliphatic heterocycles. The van der Waals surface area contributed by atoms with E-state index in [1.807, 2.05) is 18.2 Å². The van der Waals surface area contributed by atoms with Crippen LogP contribution in [0.2, 0.25) is 0 Å². The summed E-state index contributed by atoms with van der Waals surface area (Å²) in [6, 6.07) is 6.03. The molecule has 0 saturated carbocycles. The molecule has 20 heavy (non-hydrogen) atoms. The summed E-state index contributed by atoms with van der Waals surface area (Å²) in [5.74, 6) is 1.53. The van der Waals surface area contributed by atoms with E-state index in [4.69, 9.17) is 10.7 Å². The fourth-order valence-electron chi connectivity index (χ4n) is 2.83. The number of hydrogen-bond acceptors (Lipinski definition) is 3. The van der Waals surface area contributed by atoms with Gasteiger partial charge in [-0.25, -0.2) is 4.98 Å². The summed E-state index contributed by atoms with van der Waals surface area (Å²) in [5, 5.41) is 3.02. The first-order chi connectivity index (χ1) is 9.54. The Bertz CT molecular complexity index is 659. The first-order valence-electron chi connectivity index (χ1n) is 7.09. The highest BCUT2D eigenvalue weighted by molar-refractivity contribution is 5.80. The number of anilines is 1. The predicted octanol–water partition coefficient (Wildman–Crippen LogP) is 2.02. The van der Waals surface area contributed by atoms with Crippen LogP contribution in [0.4, 0.5) is 5.69 Å². The maximum atomic E-state index is 11.4. The summed E-state index contributed by atoms with van der Waals surface area (Å²) in [5.41, 5.74) is 8.58. The number of rotatable bonds is 3. The van der Waals surface area contributed by atoms with Crippen molar-refractivity contribution in [1.82, 2.24) is 14.9 Å². The van der Waals surface area contributed by atoms with Gasteiger partial charge in [0.15, 0.2) is 0 Å². The predicted molar refractivity (Wildman–Crippen MR) is 79.4 cm³/mol. The SMILES string of the molecule is CC(C)c1nc2cc(N)ccc2n1CC1CCC(=O)N1.